The van der Waals surface area contributed by atoms with Gasteiger partial charge in [-0.1, -0.05) is 18.2 Å². The number of benzene rings is 1. The molecule has 0 aromatic heterocycles. The maximum absolute atomic E-state index is 10.7. The number of rotatable bonds is 6. The maximum Gasteiger partial charge on any atom is 0.273 e. The van der Waals surface area contributed by atoms with Crippen molar-refractivity contribution in [1.82, 2.24) is 5.32 Å². The van der Waals surface area contributed by atoms with Crippen LogP contribution in [0.2, 0.25) is 0 Å². The predicted octanol–water partition coefficient (Wildman–Crippen LogP) is 1.46. The molecule has 1 rings (SSSR count). The molecule has 0 saturated carbocycles. The molecular formula is C11H16N2O3. The molecule has 0 unspecified atom stereocenters. The summed E-state index contributed by atoms with van der Waals surface area (Å²) < 4.78 is 0. The number of para-hydroxylation sites is 1. The monoisotopic (exact) mass is 224 g/mol. The molecule has 0 spiro atoms. The summed E-state index contributed by atoms with van der Waals surface area (Å²) in [4.78, 5) is 10.3. The highest BCUT2D eigenvalue weighted by molar-refractivity contribution is 5.39. The van der Waals surface area contributed by atoms with Crippen LogP contribution in [0.4, 0.5) is 5.69 Å². The summed E-state index contributed by atoms with van der Waals surface area (Å²) >= 11 is 0. The van der Waals surface area contributed by atoms with Crippen LogP contribution in [0.5, 0.6) is 0 Å². The molecular weight excluding hydrogens is 208 g/mol. The van der Waals surface area contributed by atoms with Crippen LogP contribution in [-0.2, 0) is 6.54 Å². The van der Waals surface area contributed by atoms with Crippen molar-refractivity contribution in [3.8, 4) is 0 Å². The molecule has 1 aromatic carbocycles. The Balaban J connectivity index is 2.63. The van der Waals surface area contributed by atoms with Crippen molar-refractivity contribution in [2.75, 3.05) is 6.61 Å². The van der Waals surface area contributed by atoms with Crippen molar-refractivity contribution in [3.63, 3.8) is 0 Å². The fraction of sp³-hybridized carbons (Fsp3) is 0.455. The first-order chi connectivity index (χ1) is 7.65. The van der Waals surface area contributed by atoms with Crippen LogP contribution < -0.4 is 5.32 Å². The molecule has 0 heterocycles. The lowest BCUT2D eigenvalue weighted by atomic mass is 10.1. The fourth-order valence-electron chi connectivity index (χ4n) is 1.42. The van der Waals surface area contributed by atoms with Crippen LogP contribution in [0.15, 0.2) is 24.3 Å². The highest BCUT2D eigenvalue weighted by Crippen LogP contribution is 2.17. The molecule has 0 aliphatic rings. The van der Waals surface area contributed by atoms with Gasteiger partial charge >= 0.3 is 0 Å². The minimum atomic E-state index is -0.381. The zero-order chi connectivity index (χ0) is 12.0. The van der Waals surface area contributed by atoms with Crippen LogP contribution >= 0.6 is 0 Å². The number of nitro groups is 1. The zero-order valence-corrected chi connectivity index (χ0v) is 9.22. The Morgan fingerprint density at radius 1 is 1.50 bits per heavy atom. The van der Waals surface area contributed by atoms with Crippen molar-refractivity contribution < 1.29 is 10.0 Å². The Hall–Kier alpha value is -1.46. The SMILES string of the molecule is C[C@H](CCO)NCc1ccccc1[N+](=O)[O-]. The van der Waals surface area contributed by atoms with Crippen LogP contribution in [0.3, 0.4) is 0 Å². The second-order valence-corrected chi connectivity index (χ2v) is 3.68. The fourth-order valence-corrected chi connectivity index (χ4v) is 1.42. The van der Waals surface area contributed by atoms with Crippen LogP contribution in [-0.4, -0.2) is 22.7 Å². The molecule has 88 valence electrons. The molecule has 0 bridgehead atoms. The van der Waals surface area contributed by atoms with Gasteiger partial charge in [0.1, 0.15) is 0 Å². The smallest absolute Gasteiger partial charge is 0.273 e. The molecule has 0 fully saturated rings. The van der Waals surface area contributed by atoms with Crippen molar-refractivity contribution in [3.05, 3.63) is 39.9 Å². The number of hydrogen-bond acceptors (Lipinski definition) is 4. The first-order valence-corrected chi connectivity index (χ1v) is 5.21. The summed E-state index contributed by atoms with van der Waals surface area (Å²) in [6.45, 7) is 2.49. The Morgan fingerprint density at radius 3 is 2.81 bits per heavy atom. The van der Waals surface area contributed by atoms with Crippen LogP contribution in [0, 0.1) is 10.1 Å². The number of nitrogens with one attached hydrogen (secondary N) is 1. The Labute approximate surface area is 94.3 Å². The van der Waals surface area contributed by atoms with E-state index in [1.807, 2.05) is 6.92 Å². The third kappa shape index (κ3) is 3.60. The average Bonchev–Trinajstić information content (AvgIpc) is 2.27. The third-order valence-electron chi connectivity index (χ3n) is 2.39. The Kier molecular flexibility index (Phi) is 4.88. The average molecular weight is 224 g/mol. The summed E-state index contributed by atoms with van der Waals surface area (Å²) in [6, 6.07) is 6.80. The van der Waals surface area contributed by atoms with E-state index >= 15 is 0 Å². The Bertz CT molecular complexity index is 355. The first kappa shape index (κ1) is 12.6. The predicted molar refractivity (Wildman–Crippen MR) is 61.1 cm³/mol. The molecule has 0 radical (unpaired) electrons. The topological polar surface area (TPSA) is 75.4 Å². The Morgan fingerprint density at radius 2 is 2.19 bits per heavy atom. The third-order valence-corrected chi connectivity index (χ3v) is 2.39. The quantitative estimate of drug-likeness (QED) is 0.566. The first-order valence-electron chi connectivity index (χ1n) is 5.21. The summed E-state index contributed by atoms with van der Waals surface area (Å²) in [5.74, 6) is 0. The molecule has 0 amide bonds. The minimum Gasteiger partial charge on any atom is -0.396 e. The van der Waals surface area contributed by atoms with Crippen molar-refractivity contribution in [2.45, 2.75) is 25.9 Å². The minimum absolute atomic E-state index is 0.116. The van der Waals surface area contributed by atoms with E-state index in [0.29, 0.717) is 18.5 Å². The lowest BCUT2D eigenvalue weighted by molar-refractivity contribution is -0.385. The molecule has 5 heteroatoms. The lowest BCUT2D eigenvalue weighted by Gasteiger charge is -2.12. The number of aliphatic hydroxyl groups is 1. The summed E-state index contributed by atoms with van der Waals surface area (Å²) in [7, 11) is 0. The van der Waals surface area contributed by atoms with E-state index in [1.54, 1.807) is 18.2 Å². The van der Waals surface area contributed by atoms with Crippen LogP contribution in [0.25, 0.3) is 0 Å². The van der Waals surface area contributed by atoms with Gasteiger partial charge in [-0.05, 0) is 13.3 Å². The van der Waals surface area contributed by atoms with E-state index < -0.39 is 0 Å². The van der Waals surface area contributed by atoms with Gasteiger partial charge in [0.2, 0.25) is 0 Å². The van der Waals surface area contributed by atoms with Gasteiger partial charge in [-0.15, -0.1) is 0 Å². The second kappa shape index (κ2) is 6.19. The maximum atomic E-state index is 10.7. The van der Waals surface area contributed by atoms with Crippen molar-refractivity contribution >= 4 is 5.69 Å². The van der Waals surface area contributed by atoms with Gasteiger partial charge in [0.05, 0.1) is 4.92 Å². The van der Waals surface area contributed by atoms with E-state index in [4.69, 9.17) is 5.11 Å². The molecule has 1 atom stereocenters. The van der Waals surface area contributed by atoms with E-state index in [9.17, 15) is 10.1 Å². The van der Waals surface area contributed by atoms with E-state index in [1.165, 1.54) is 6.07 Å². The van der Waals surface area contributed by atoms with Gasteiger partial charge < -0.3 is 10.4 Å². The number of aliphatic hydroxyl groups excluding tert-OH is 1. The molecule has 0 aliphatic carbocycles. The summed E-state index contributed by atoms with van der Waals surface area (Å²) in [5.41, 5.74) is 0.795. The van der Waals surface area contributed by atoms with E-state index in [0.717, 1.165) is 0 Å². The summed E-state index contributed by atoms with van der Waals surface area (Å²) in [6.07, 6.45) is 0.640. The molecule has 0 aliphatic heterocycles. The summed E-state index contributed by atoms with van der Waals surface area (Å²) in [5, 5.41) is 22.6. The molecule has 2 N–H and O–H groups in total. The molecule has 16 heavy (non-hydrogen) atoms. The van der Waals surface area contributed by atoms with Gasteiger partial charge in [-0.25, -0.2) is 0 Å². The van der Waals surface area contributed by atoms with Gasteiger partial charge in [0.25, 0.3) is 5.69 Å². The number of nitrogens with zero attached hydrogens (tertiary/aromatic N) is 1. The van der Waals surface area contributed by atoms with Gasteiger partial charge in [-0.2, -0.15) is 0 Å². The second-order valence-electron chi connectivity index (χ2n) is 3.68. The standard InChI is InChI=1S/C11H16N2O3/c1-9(6-7-14)12-8-10-4-2-3-5-11(10)13(15)16/h2-5,9,12,14H,6-8H2,1H3/t9-/m1/s1. The van der Waals surface area contributed by atoms with E-state index in [-0.39, 0.29) is 23.3 Å². The lowest BCUT2D eigenvalue weighted by Crippen LogP contribution is -2.26. The molecule has 5 nitrogen and oxygen atoms in total. The molecule has 0 saturated heterocycles. The molecule has 1 aromatic rings. The number of nitro benzene ring substituents is 1. The van der Waals surface area contributed by atoms with E-state index in [2.05, 4.69) is 5.32 Å². The van der Waals surface area contributed by atoms with Crippen molar-refractivity contribution in [2.24, 2.45) is 0 Å². The van der Waals surface area contributed by atoms with Gasteiger partial charge in [0.15, 0.2) is 0 Å². The van der Waals surface area contributed by atoms with Crippen molar-refractivity contribution in [1.29, 1.82) is 0 Å². The van der Waals surface area contributed by atoms with Gasteiger partial charge in [-0.3, -0.25) is 10.1 Å². The van der Waals surface area contributed by atoms with Gasteiger partial charge in [0, 0.05) is 30.8 Å². The zero-order valence-electron chi connectivity index (χ0n) is 9.22. The highest BCUT2D eigenvalue weighted by atomic mass is 16.6. The van der Waals surface area contributed by atoms with Crippen LogP contribution in [0.1, 0.15) is 18.9 Å². The highest BCUT2D eigenvalue weighted by Gasteiger charge is 2.12. The largest absolute Gasteiger partial charge is 0.396 e. The normalized spacial score (nSPS) is 12.4. The number of hydrogen-bond donors (Lipinski definition) is 2.